The third-order valence-electron chi connectivity index (χ3n) is 5.46. The summed E-state index contributed by atoms with van der Waals surface area (Å²) in [7, 11) is 0. The summed E-state index contributed by atoms with van der Waals surface area (Å²) >= 11 is 0. The van der Waals surface area contributed by atoms with Gasteiger partial charge in [0.1, 0.15) is 18.5 Å². The molecule has 1 aliphatic carbocycles. The number of likely N-dealkylation sites (tertiary alicyclic amines) is 1. The number of aromatic nitrogens is 3. The van der Waals surface area contributed by atoms with Crippen LogP contribution in [0.5, 0.6) is 0 Å². The number of hydrogen-bond acceptors (Lipinski definition) is 8. The van der Waals surface area contributed by atoms with E-state index in [4.69, 9.17) is 5.73 Å². The van der Waals surface area contributed by atoms with Gasteiger partial charge in [0.2, 0.25) is 17.8 Å². The van der Waals surface area contributed by atoms with E-state index in [2.05, 4.69) is 25.4 Å². The van der Waals surface area contributed by atoms with Gasteiger partial charge < -0.3 is 16.4 Å². The number of aliphatic imine (C=N–C) groups is 2. The summed E-state index contributed by atoms with van der Waals surface area (Å²) in [6.45, 7) is -1.21. The number of amides is 1. The Balaban J connectivity index is 1.49. The van der Waals surface area contributed by atoms with Crippen molar-refractivity contribution in [3.8, 4) is 0 Å². The first kappa shape index (κ1) is 23.8. The number of allylic oxidation sites excluding steroid dienone is 2. The Morgan fingerprint density at radius 3 is 2.82 bits per heavy atom. The lowest BCUT2D eigenvalue weighted by atomic mass is 10.1. The van der Waals surface area contributed by atoms with Crippen LogP contribution in [0.25, 0.3) is 0 Å². The van der Waals surface area contributed by atoms with Crippen LogP contribution in [0.3, 0.4) is 0 Å². The minimum atomic E-state index is -4.56. The number of rotatable bonds is 5. The van der Waals surface area contributed by atoms with Crippen LogP contribution in [0.2, 0.25) is 0 Å². The van der Waals surface area contributed by atoms with E-state index in [0.29, 0.717) is 12.8 Å². The molecule has 15 heteroatoms. The molecule has 4 atom stereocenters. The summed E-state index contributed by atoms with van der Waals surface area (Å²) in [5.41, 5.74) is 5.92. The topological polar surface area (TPSA) is 126 Å². The highest BCUT2D eigenvalue weighted by molar-refractivity contribution is 5.93. The minimum absolute atomic E-state index is 0.0940. The smallest absolute Gasteiger partial charge is 0.368 e. The molecule has 1 aromatic rings. The molecule has 0 saturated carbocycles. The van der Waals surface area contributed by atoms with Crippen molar-refractivity contribution >= 4 is 30.0 Å². The largest absolute Gasteiger partial charge is 0.405 e. The van der Waals surface area contributed by atoms with Gasteiger partial charge in [0.15, 0.2) is 6.17 Å². The number of anilines is 2. The van der Waals surface area contributed by atoms with Crippen LogP contribution in [0.1, 0.15) is 19.3 Å². The van der Waals surface area contributed by atoms with E-state index >= 15 is 0 Å². The van der Waals surface area contributed by atoms with E-state index in [9.17, 15) is 26.7 Å². The van der Waals surface area contributed by atoms with E-state index < -0.39 is 37.0 Å². The summed E-state index contributed by atoms with van der Waals surface area (Å²) in [5, 5.41) is 8.99. The first-order valence-corrected chi connectivity index (χ1v) is 10.5. The van der Waals surface area contributed by atoms with Crippen LogP contribution < -0.4 is 16.4 Å². The van der Waals surface area contributed by atoms with E-state index in [1.165, 1.54) is 17.1 Å². The molecule has 10 nitrogen and oxygen atoms in total. The van der Waals surface area contributed by atoms with Gasteiger partial charge in [0.05, 0.1) is 12.1 Å². The van der Waals surface area contributed by atoms with Gasteiger partial charge in [-0.05, 0) is 31.4 Å². The fraction of sp³-hybridized carbons (Fsp3) is 0.526. The van der Waals surface area contributed by atoms with Gasteiger partial charge in [-0.15, -0.1) is 5.10 Å². The molecule has 3 unspecified atom stereocenters. The van der Waals surface area contributed by atoms with E-state index in [0.717, 1.165) is 10.9 Å². The van der Waals surface area contributed by atoms with Gasteiger partial charge in [-0.1, -0.05) is 6.08 Å². The molecule has 3 aliphatic rings. The van der Waals surface area contributed by atoms with Crippen LogP contribution in [0, 0.1) is 0 Å². The molecule has 184 valence electrons. The van der Waals surface area contributed by atoms with Crippen molar-refractivity contribution in [2.45, 2.75) is 49.9 Å². The number of nitrogens with zero attached hydrogens (tertiary/aromatic N) is 6. The Labute approximate surface area is 190 Å². The van der Waals surface area contributed by atoms with Crippen LogP contribution >= 0.6 is 0 Å². The van der Waals surface area contributed by atoms with Crippen molar-refractivity contribution in [1.82, 2.24) is 25.0 Å². The second kappa shape index (κ2) is 9.48. The van der Waals surface area contributed by atoms with Gasteiger partial charge >= 0.3 is 6.18 Å². The Kier molecular flexibility index (Phi) is 6.63. The summed E-state index contributed by atoms with van der Waals surface area (Å²) < 4.78 is 66.3. The number of carbonyl (C=O) groups is 1. The van der Waals surface area contributed by atoms with Gasteiger partial charge in [-0.2, -0.15) is 22.8 Å². The molecule has 1 amide bonds. The highest BCUT2D eigenvalue weighted by Crippen LogP contribution is 2.26. The zero-order valence-corrected chi connectivity index (χ0v) is 17.7. The normalized spacial score (nSPS) is 27.4. The molecule has 34 heavy (non-hydrogen) atoms. The Bertz CT molecular complexity index is 1050. The quantitative estimate of drug-likeness (QED) is 0.541. The number of carbonyl (C=O) groups excluding carboxylic acids is 1. The number of nitrogens with one attached hydrogen (secondary N) is 2. The molecule has 4 N–H and O–H groups in total. The van der Waals surface area contributed by atoms with E-state index in [-0.39, 0.29) is 42.7 Å². The maximum atomic E-state index is 14.7. The Morgan fingerprint density at radius 2 is 2.12 bits per heavy atom. The van der Waals surface area contributed by atoms with Crippen LogP contribution in [0.4, 0.5) is 33.8 Å². The summed E-state index contributed by atoms with van der Waals surface area (Å²) in [6, 6.07) is -1.24. The SMILES string of the molecule is Nc1nc(NC2C=CC(F)=CC2)nn1C1=NC(N2CCC[C@@H]2C(=O)NCC(F)(F)F)C(F)C=N1. The van der Waals surface area contributed by atoms with Crippen molar-refractivity contribution in [2.24, 2.45) is 9.98 Å². The average molecular weight is 487 g/mol. The molecule has 2 aliphatic heterocycles. The summed E-state index contributed by atoms with van der Waals surface area (Å²) in [6.07, 6.45) is -1.06. The van der Waals surface area contributed by atoms with Crippen LogP contribution in [-0.4, -0.2) is 81.4 Å². The molecule has 1 saturated heterocycles. The number of alkyl halides is 4. The molecular formula is C19H22F5N9O. The van der Waals surface area contributed by atoms with E-state index in [1.807, 2.05) is 5.32 Å². The fourth-order valence-electron chi connectivity index (χ4n) is 3.90. The molecule has 0 spiro atoms. The lowest BCUT2D eigenvalue weighted by Gasteiger charge is -2.32. The number of nitrogen functional groups attached to an aromatic ring is 1. The molecule has 3 heterocycles. The standard InChI is InChI=1S/C19H22F5N9O/c20-10-3-5-11(6-4-10)28-17-30-16(25)33(31-17)18-26-8-12(21)14(29-18)32-7-1-2-13(32)15(34)27-9-19(22,23)24/h3-5,8,11-14H,1-2,6-7,9H2,(H,27,34)(H3,25,28,30,31)/t11?,12?,13-,14?/m1/s1. The molecule has 1 fully saturated rings. The second-order valence-corrected chi connectivity index (χ2v) is 7.93. The summed E-state index contributed by atoms with van der Waals surface area (Å²) in [4.78, 5) is 26.0. The zero-order valence-electron chi connectivity index (χ0n) is 17.7. The lowest BCUT2D eigenvalue weighted by molar-refractivity contribution is -0.141. The molecule has 0 aromatic carbocycles. The van der Waals surface area contributed by atoms with Crippen LogP contribution in [-0.2, 0) is 4.79 Å². The van der Waals surface area contributed by atoms with Crippen molar-refractivity contribution in [1.29, 1.82) is 0 Å². The third kappa shape index (κ3) is 5.40. The van der Waals surface area contributed by atoms with Crippen LogP contribution in [0.15, 0.2) is 34.0 Å². The molecule has 4 rings (SSSR count). The monoisotopic (exact) mass is 487 g/mol. The summed E-state index contributed by atoms with van der Waals surface area (Å²) in [5.74, 6) is -1.27. The third-order valence-corrected chi connectivity index (χ3v) is 5.46. The highest BCUT2D eigenvalue weighted by Gasteiger charge is 2.41. The first-order valence-electron chi connectivity index (χ1n) is 10.5. The lowest BCUT2D eigenvalue weighted by Crippen LogP contribution is -2.52. The zero-order chi connectivity index (χ0) is 24.5. The first-order chi connectivity index (χ1) is 16.1. The van der Waals surface area contributed by atoms with Gasteiger partial charge in [0.25, 0.3) is 5.96 Å². The Morgan fingerprint density at radius 1 is 1.32 bits per heavy atom. The van der Waals surface area contributed by atoms with Gasteiger partial charge in [-0.3, -0.25) is 9.69 Å². The second-order valence-electron chi connectivity index (χ2n) is 7.93. The van der Waals surface area contributed by atoms with Crippen molar-refractivity contribution in [3.05, 3.63) is 24.1 Å². The minimum Gasteiger partial charge on any atom is -0.368 e. The van der Waals surface area contributed by atoms with E-state index in [1.54, 1.807) is 6.08 Å². The van der Waals surface area contributed by atoms with Gasteiger partial charge in [0, 0.05) is 12.8 Å². The van der Waals surface area contributed by atoms with Crippen molar-refractivity contribution in [3.63, 3.8) is 0 Å². The Hall–Kier alpha value is -3.36. The molecule has 1 aromatic heterocycles. The van der Waals surface area contributed by atoms with Crippen molar-refractivity contribution < 1.29 is 26.7 Å². The predicted molar refractivity (Wildman–Crippen MR) is 114 cm³/mol. The maximum absolute atomic E-state index is 14.7. The average Bonchev–Trinajstić information content (AvgIpc) is 3.40. The predicted octanol–water partition coefficient (Wildman–Crippen LogP) is 1.55. The number of hydrogen-bond donors (Lipinski definition) is 3. The fourth-order valence-corrected chi connectivity index (χ4v) is 3.90. The maximum Gasteiger partial charge on any atom is 0.405 e. The molecular weight excluding hydrogens is 465 g/mol. The molecule has 0 bridgehead atoms. The highest BCUT2D eigenvalue weighted by atomic mass is 19.4. The van der Waals surface area contributed by atoms with Gasteiger partial charge in [-0.25, -0.2) is 18.8 Å². The molecule has 0 radical (unpaired) electrons. The number of nitrogens with two attached hydrogens (primary N) is 1. The van der Waals surface area contributed by atoms with Crippen molar-refractivity contribution in [2.75, 3.05) is 24.1 Å². The number of halogens is 5.